The maximum Gasteiger partial charge on any atom is 0.147 e. The highest BCUT2D eigenvalue weighted by molar-refractivity contribution is 5.42. The summed E-state index contributed by atoms with van der Waals surface area (Å²) < 4.78 is 28.0. The third-order valence-corrected chi connectivity index (χ3v) is 5.59. The molecule has 2 aliphatic rings. The highest BCUT2D eigenvalue weighted by Gasteiger charge is 2.31. The van der Waals surface area contributed by atoms with E-state index in [-0.39, 0.29) is 0 Å². The van der Waals surface area contributed by atoms with Crippen LogP contribution in [0.25, 0.3) is 0 Å². The number of allylic oxidation sites excluding steroid dienone is 1. The first-order valence-corrected chi connectivity index (χ1v) is 8.16. The van der Waals surface area contributed by atoms with Crippen molar-refractivity contribution in [3.8, 4) is 6.07 Å². The standard InChI is InChI=1S/C19H21F2N/c1-2-12-3-5-13(6-4-12)14-7-8-16-15(9-14)10-18(20)17(11-22)19(16)21/h2,10,12-14H,1,3-9H2. The van der Waals surface area contributed by atoms with Crippen molar-refractivity contribution < 1.29 is 8.78 Å². The van der Waals surface area contributed by atoms with Gasteiger partial charge in [-0.15, -0.1) is 6.58 Å². The van der Waals surface area contributed by atoms with Gasteiger partial charge in [-0.05, 0) is 79.9 Å². The van der Waals surface area contributed by atoms with E-state index < -0.39 is 17.2 Å². The Morgan fingerprint density at radius 2 is 1.86 bits per heavy atom. The molecule has 2 aliphatic carbocycles. The lowest BCUT2D eigenvalue weighted by Crippen LogP contribution is -2.27. The zero-order chi connectivity index (χ0) is 15.7. The van der Waals surface area contributed by atoms with Gasteiger partial charge in [-0.1, -0.05) is 6.08 Å². The van der Waals surface area contributed by atoms with Crippen LogP contribution in [0.4, 0.5) is 8.78 Å². The molecule has 116 valence electrons. The van der Waals surface area contributed by atoms with Crippen molar-refractivity contribution in [1.82, 2.24) is 0 Å². The lowest BCUT2D eigenvalue weighted by molar-refractivity contribution is 0.205. The summed E-state index contributed by atoms with van der Waals surface area (Å²) in [6.45, 7) is 3.88. The minimum atomic E-state index is -0.713. The van der Waals surface area contributed by atoms with Gasteiger partial charge in [-0.25, -0.2) is 8.78 Å². The summed E-state index contributed by atoms with van der Waals surface area (Å²) in [4.78, 5) is 0. The summed E-state index contributed by atoms with van der Waals surface area (Å²) in [6.07, 6.45) is 9.14. The molecule has 3 rings (SSSR count). The maximum absolute atomic E-state index is 14.2. The van der Waals surface area contributed by atoms with E-state index >= 15 is 0 Å². The number of nitriles is 1. The van der Waals surface area contributed by atoms with Gasteiger partial charge in [0.25, 0.3) is 0 Å². The first-order valence-electron chi connectivity index (χ1n) is 8.16. The Bertz CT molecular complexity index is 621. The lowest BCUT2D eigenvalue weighted by atomic mass is 9.69. The fourth-order valence-corrected chi connectivity index (χ4v) is 4.23. The molecule has 0 N–H and O–H groups in total. The second kappa shape index (κ2) is 6.20. The predicted octanol–water partition coefficient (Wildman–Crippen LogP) is 4.93. The van der Waals surface area contributed by atoms with E-state index in [0.29, 0.717) is 29.7 Å². The summed E-state index contributed by atoms with van der Waals surface area (Å²) in [6, 6.07) is 3.03. The molecular formula is C19H21F2N. The van der Waals surface area contributed by atoms with E-state index in [1.165, 1.54) is 31.7 Å². The Kier molecular flexibility index (Phi) is 4.29. The fraction of sp³-hybridized carbons (Fsp3) is 0.526. The molecule has 1 saturated carbocycles. The second-order valence-electron chi connectivity index (χ2n) is 6.71. The first-order chi connectivity index (χ1) is 10.6. The molecule has 1 fully saturated rings. The molecule has 0 saturated heterocycles. The zero-order valence-corrected chi connectivity index (χ0v) is 12.7. The zero-order valence-electron chi connectivity index (χ0n) is 12.7. The van der Waals surface area contributed by atoms with Crippen LogP contribution >= 0.6 is 0 Å². The normalized spacial score (nSPS) is 27.8. The smallest absolute Gasteiger partial charge is 0.147 e. The quantitative estimate of drug-likeness (QED) is 0.710. The molecular weight excluding hydrogens is 280 g/mol. The summed E-state index contributed by atoms with van der Waals surface area (Å²) >= 11 is 0. The minimum Gasteiger partial charge on any atom is -0.205 e. The van der Waals surface area contributed by atoms with E-state index in [1.807, 2.05) is 0 Å². The Morgan fingerprint density at radius 1 is 1.14 bits per heavy atom. The molecule has 1 aromatic carbocycles. The van der Waals surface area contributed by atoms with Gasteiger partial charge >= 0.3 is 0 Å². The largest absolute Gasteiger partial charge is 0.205 e. The highest BCUT2D eigenvalue weighted by Crippen LogP contribution is 2.40. The third-order valence-electron chi connectivity index (χ3n) is 5.59. The van der Waals surface area contributed by atoms with Crippen LogP contribution in [0.15, 0.2) is 18.7 Å². The average molecular weight is 301 g/mol. The van der Waals surface area contributed by atoms with Crippen molar-refractivity contribution in [3.05, 3.63) is 47.0 Å². The Morgan fingerprint density at radius 3 is 2.50 bits per heavy atom. The van der Waals surface area contributed by atoms with Crippen LogP contribution in [0.2, 0.25) is 0 Å². The number of halogens is 2. The second-order valence-corrected chi connectivity index (χ2v) is 6.71. The van der Waals surface area contributed by atoms with Crippen molar-refractivity contribution in [3.63, 3.8) is 0 Å². The molecule has 1 atom stereocenters. The van der Waals surface area contributed by atoms with Gasteiger partial charge in [-0.2, -0.15) is 5.26 Å². The monoisotopic (exact) mass is 301 g/mol. The molecule has 22 heavy (non-hydrogen) atoms. The summed E-state index contributed by atoms with van der Waals surface area (Å²) in [7, 11) is 0. The van der Waals surface area contributed by atoms with Gasteiger partial charge in [0, 0.05) is 0 Å². The molecule has 0 aromatic heterocycles. The van der Waals surface area contributed by atoms with Gasteiger partial charge in [0.1, 0.15) is 23.3 Å². The van der Waals surface area contributed by atoms with E-state index in [2.05, 4.69) is 12.7 Å². The molecule has 0 amide bonds. The van der Waals surface area contributed by atoms with E-state index in [0.717, 1.165) is 18.4 Å². The van der Waals surface area contributed by atoms with Gasteiger partial charge in [-0.3, -0.25) is 0 Å². The summed E-state index contributed by atoms with van der Waals surface area (Å²) in [5.41, 5.74) is 0.911. The van der Waals surface area contributed by atoms with Crippen molar-refractivity contribution in [1.29, 1.82) is 5.26 Å². The summed E-state index contributed by atoms with van der Waals surface area (Å²) in [5.74, 6) is 0.470. The van der Waals surface area contributed by atoms with E-state index in [4.69, 9.17) is 5.26 Å². The number of rotatable bonds is 2. The van der Waals surface area contributed by atoms with Crippen LogP contribution in [0.5, 0.6) is 0 Å². The fourth-order valence-electron chi connectivity index (χ4n) is 4.23. The van der Waals surface area contributed by atoms with Gasteiger partial charge in [0.2, 0.25) is 0 Å². The lowest BCUT2D eigenvalue weighted by Gasteiger charge is -2.36. The SMILES string of the molecule is C=CC1CCC(C2CCc3c(cc(F)c(C#N)c3F)C2)CC1. The molecule has 1 nitrogen and oxygen atoms in total. The van der Waals surface area contributed by atoms with E-state index in [1.54, 1.807) is 6.07 Å². The molecule has 0 bridgehead atoms. The Balaban J connectivity index is 1.77. The third kappa shape index (κ3) is 2.67. The van der Waals surface area contributed by atoms with Gasteiger partial charge in [0.15, 0.2) is 0 Å². The van der Waals surface area contributed by atoms with Gasteiger partial charge < -0.3 is 0 Å². The Hall–Kier alpha value is -1.69. The molecule has 0 heterocycles. The van der Waals surface area contributed by atoms with Gasteiger partial charge in [0.05, 0.1) is 0 Å². The molecule has 0 radical (unpaired) electrons. The minimum absolute atomic E-state index is 0.427. The number of fused-ring (bicyclic) bond motifs is 1. The summed E-state index contributed by atoms with van der Waals surface area (Å²) in [5, 5.41) is 8.87. The predicted molar refractivity (Wildman–Crippen MR) is 82.2 cm³/mol. The molecule has 0 aliphatic heterocycles. The number of nitrogens with zero attached hydrogens (tertiary/aromatic N) is 1. The average Bonchev–Trinajstić information content (AvgIpc) is 2.55. The van der Waals surface area contributed by atoms with Crippen LogP contribution in [-0.2, 0) is 12.8 Å². The Labute approximate surface area is 130 Å². The molecule has 1 unspecified atom stereocenters. The number of hydrogen-bond donors (Lipinski definition) is 0. The number of hydrogen-bond acceptors (Lipinski definition) is 1. The van der Waals surface area contributed by atoms with Crippen LogP contribution in [-0.4, -0.2) is 0 Å². The highest BCUT2D eigenvalue weighted by atomic mass is 19.1. The van der Waals surface area contributed by atoms with Crippen LogP contribution < -0.4 is 0 Å². The topological polar surface area (TPSA) is 23.8 Å². The van der Waals surface area contributed by atoms with Crippen LogP contribution in [0, 0.1) is 40.7 Å². The van der Waals surface area contributed by atoms with Crippen molar-refractivity contribution in [2.24, 2.45) is 17.8 Å². The van der Waals surface area contributed by atoms with E-state index in [9.17, 15) is 8.78 Å². The van der Waals surface area contributed by atoms with Crippen LogP contribution in [0.3, 0.4) is 0 Å². The van der Waals surface area contributed by atoms with Crippen molar-refractivity contribution >= 4 is 0 Å². The van der Waals surface area contributed by atoms with Crippen molar-refractivity contribution in [2.75, 3.05) is 0 Å². The van der Waals surface area contributed by atoms with Crippen LogP contribution in [0.1, 0.15) is 48.8 Å². The molecule has 1 aromatic rings. The molecule has 0 spiro atoms. The van der Waals surface area contributed by atoms with Crippen molar-refractivity contribution in [2.45, 2.75) is 44.9 Å². The maximum atomic E-state index is 14.2. The first kappa shape index (κ1) is 15.2. The molecule has 3 heteroatoms. The number of benzene rings is 1.